The van der Waals surface area contributed by atoms with Crippen molar-refractivity contribution in [3.8, 4) is 0 Å². The van der Waals surface area contributed by atoms with Gasteiger partial charge < -0.3 is 0 Å². The summed E-state index contributed by atoms with van der Waals surface area (Å²) in [4.78, 5) is -1.23. The number of nitrogens with zero attached hydrogens (tertiary/aromatic N) is 1. The van der Waals surface area contributed by atoms with Crippen LogP contribution in [0.25, 0.3) is 0 Å². The van der Waals surface area contributed by atoms with E-state index in [1.165, 1.54) is 0 Å². The van der Waals surface area contributed by atoms with Gasteiger partial charge in [0, 0.05) is 13.1 Å². The van der Waals surface area contributed by atoms with Crippen molar-refractivity contribution < 1.29 is 30.0 Å². The third kappa shape index (κ3) is 3.74. The molecule has 146 valence electrons. The van der Waals surface area contributed by atoms with E-state index in [1.807, 2.05) is 0 Å². The molecule has 2 aromatic rings. The lowest BCUT2D eigenvalue weighted by Crippen LogP contribution is -2.45. The molecule has 3 rings (SSSR count). The smallest absolute Gasteiger partial charge is 0.223 e. The van der Waals surface area contributed by atoms with Crippen LogP contribution in [0.5, 0.6) is 0 Å². The summed E-state index contributed by atoms with van der Waals surface area (Å²) >= 11 is 0. The standard InChI is InChI=1S/C17H16F3NO4S2/c18-12-6-8-13(9-7-12)26(22,23)14-3-2-10-21(11-14)27(24,25)17-15(19)4-1-5-16(17)20/h1,4-9,14H,2-3,10-11H2. The Labute approximate surface area is 155 Å². The molecule has 0 amide bonds. The van der Waals surface area contributed by atoms with Gasteiger partial charge >= 0.3 is 0 Å². The summed E-state index contributed by atoms with van der Waals surface area (Å²) in [6.07, 6.45) is 0.395. The predicted octanol–water partition coefficient (Wildman–Crippen LogP) is 2.73. The normalized spacial score (nSPS) is 19.1. The second kappa shape index (κ2) is 7.25. The van der Waals surface area contributed by atoms with Crippen LogP contribution >= 0.6 is 0 Å². The third-order valence-electron chi connectivity index (χ3n) is 4.44. The fourth-order valence-electron chi connectivity index (χ4n) is 3.05. The van der Waals surface area contributed by atoms with Gasteiger partial charge in [0.15, 0.2) is 14.7 Å². The van der Waals surface area contributed by atoms with E-state index in [9.17, 15) is 30.0 Å². The fourth-order valence-corrected chi connectivity index (χ4v) is 6.53. The maximum absolute atomic E-state index is 13.9. The van der Waals surface area contributed by atoms with Gasteiger partial charge in [0.05, 0.1) is 10.1 Å². The molecular weight excluding hydrogens is 403 g/mol. The van der Waals surface area contributed by atoms with Crippen molar-refractivity contribution in [3.63, 3.8) is 0 Å². The molecule has 0 bridgehead atoms. The third-order valence-corrected chi connectivity index (χ3v) is 8.55. The zero-order chi connectivity index (χ0) is 19.8. The molecule has 1 heterocycles. The summed E-state index contributed by atoms with van der Waals surface area (Å²) in [6, 6.07) is 6.90. The van der Waals surface area contributed by atoms with E-state index >= 15 is 0 Å². The molecule has 0 N–H and O–H groups in total. The Kier molecular flexibility index (Phi) is 5.33. The number of hydrogen-bond donors (Lipinski definition) is 0. The molecule has 0 radical (unpaired) electrons. The SMILES string of the molecule is O=S(=O)(c1ccc(F)cc1)C1CCCN(S(=O)(=O)c2c(F)cccc2F)C1. The number of rotatable bonds is 4. The van der Waals surface area contributed by atoms with Crippen LogP contribution in [0.2, 0.25) is 0 Å². The maximum atomic E-state index is 13.9. The van der Waals surface area contributed by atoms with Gasteiger partial charge in [-0.3, -0.25) is 0 Å². The van der Waals surface area contributed by atoms with Crippen molar-refractivity contribution in [2.45, 2.75) is 27.9 Å². The number of piperidine rings is 1. The lowest BCUT2D eigenvalue weighted by Gasteiger charge is -2.31. The average Bonchev–Trinajstić information content (AvgIpc) is 2.62. The summed E-state index contributed by atoms with van der Waals surface area (Å²) in [5, 5.41) is -1.10. The summed E-state index contributed by atoms with van der Waals surface area (Å²) < 4.78 is 92.6. The minimum atomic E-state index is -4.55. The van der Waals surface area contributed by atoms with Crippen LogP contribution in [0.1, 0.15) is 12.8 Å². The van der Waals surface area contributed by atoms with Gasteiger partial charge in [-0.05, 0) is 49.2 Å². The number of halogens is 3. The van der Waals surface area contributed by atoms with Crippen LogP contribution in [-0.2, 0) is 19.9 Å². The molecule has 5 nitrogen and oxygen atoms in total. The molecular formula is C17H16F3NO4S2. The lowest BCUT2D eigenvalue weighted by molar-refractivity contribution is 0.342. The van der Waals surface area contributed by atoms with Crippen LogP contribution in [0.15, 0.2) is 52.3 Å². The van der Waals surface area contributed by atoms with Crippen molar-refractivity contribution in [3.05, 3.63) is 59.9 Å². The van der Waals surface area contributed by atoms with E-state index in [1.54, 1.807) is 0 Å². The first-order valence-electron chi connectivity index (χ1n) is 8.07. The van der Waals surface area contributed by atoms with E-state index in [4.69, 9.17) is 0 Å². The first-order chi connectivity index (χ1) is 12.6. The minimum Gasteiger partial charge on any atom is -0.223 e. The van der Waals surface area contributed by atoms with Gasteiger partial charge in [-0.15, -0.1) is 0 Å². The highest BCUT2D eigenvalue weighted by Gasteiger charge is 2.39. The van der Waals surface area contributed by atoms with Crippen LogP contribution in [0.4, 0.5) is 13.2 Å². The van der Waals surface area contributed by atoms with E-state index in [0.29, 0.717) is 0 Å². The first kappa shape index (κ1) is 19.8. The van der Waals surface area contributed by atoms with Gasteiger partial charge in [-0.1, -0.05) is 6.07 Å². The first-order valence-corrected chi connectivity index (χ1v) is 11.1. The molecule has 1 aliphatic rings. The quantitative estimate of drug-likeness (QED) is 0.715. The van der Waals surface area contributed by atoms with Gasteiger partial charge in [0.25, 0.3) is 0 Å². The Hall–Kier alpha value is -1.91. The minimum absolute atomic E-state index is 0.0501. The molecule has 1 atom stereocenters. The molecule has 1 saturated heterocycles. The molecule has 10 heteroatoms. The van der Waals surface area contributed by atoms with Gasteiger partial charge in [0.2, 0.25) is 10.0 Å². The number of sulfone groups is 1. The molecule has 1 aliphatic heterocycles. The summed E-state index contributed by atoms with van der Waals surface area (Å²) in [5.41, 5.74) is 0. The van der Waals surface area contributed by atoms with E-state index in [0.717, 1.165) is 46.8 Å². The van der Waals surface area contributed by atoms with Crippen molar-refractivity contribution in [2.75, 3.05) is 13.1 Å². The molecule has 0 saturated carbocycles. The topological polar surface area (TPSA) is 71.5 Å². The molecule has 1 unspecified atom stereocenters. The van der Waals surface area contributed by atoms with Crippen molar-refractivity contribution in [1.29, 1.82) is 0 Å². The maximum Gasteiger partial charge on any atom is 0.248 e. The second-order valence-corrected chi connectivity index (χ2v) is 10.3. The summed E-state index contributed by atoms with van der Waals surface area (Å²) in [5.74, 6) is -3.08. The predicted molar refractivity (Wildman–Crippen MR) is 91.7 cm³/mol. The molecule has 0 aromatic heterocycles. The van der Waals surface area contributed by atoms with Gasteiger partial charge in [0.1, 0.15) is 17.5 Å². The second-order valence-electron chi connectivity index (χ2n) is 6.18. The Balaban J connectivity index is 1.93. The average molecular weight is 419 g/mol. The Bertz CT molecular complexity index is 1030. The van der Waals surface area contributed by atoms with Crippen molar-refractivity contribution in [1.82, 2.24) is 4.31 Å². The molecule has 0 spiro atoms. The van der Waals surface area contributed by atoms with Crippen LogP contribution in [0, 0.1) is 17.5 Å². The zero-order valence-corrected chi connectivity index (χ0v) is 15.6. The van der Waals surface area contributed by atoms with Gasteiger partial charge in [-0.2, -0.15) is 4.31 Å². The zero-order valence-electron chi connectivity index (χ0n) is 14.0. The number of sulfonamides is 1. The van der Waals surface area contributed by atoms with Crippen LogP contribution < -0.4 is 0 Å². The van der Waals surface area contributed by atoms with Crippen LogP contribution in [0.3, 0.4) is 0 Å². The number of benzene rings is 2. The summed E-state index contributed by atoms with van der Waals surface area (Å²) in [7, 11) is -8.48. The Morgan fingerprint density at radius 2 is 1.48 bits per heavy atom. The molecule has 27 heavy (non-hydrogen) atoms. The largest absolute Gasteiger partial charge is 0.248 e. The van der Waals surface area contributed by atoms with E-state index in [-0.39, 0.29) is 24.3 Å². The summed E-state index contributed by atoms with van der Waals surface area (Å²) in [6.45, 7) is -0.485. The highest BCUT2D eigenvalue weighted by Crippen LogP contribution is 2.29. The van der Waals surface area contributed by atoms with E-state index in [2.05, 4.69) is 0 Å². The van der Waals surface area contributed by atoms with Crippen LogP contribution in [-0.4, -0.2) is 39.5 Å². The molecule has 2 aromatic carbocycles. The van der Waals surface area contributed by atoms with Crippen molar-refractivity contribution >= 4 is 19.9 Å². The highest BCUT2D eigenvalue weighted by atomic mass is 32.2. The molecule has 1 fully saturated rings. The highest BCUT2D eigenvalue weighted by molar-refractivity contribution is 7.92. The van der Waals surface area contributed by atoms with E-state index < -0.39 is 54.0 Å². The van der Waals surface area contributed by atoms with Crippen molar-refractivity contribution in [2.24, 2.45) is 0 Å². The fraction of sp³-hybridized carbons (Fsp3) is 0.294. The molecule has 0 aliphatic carbocycles. The van der Waals surface area contributed by atoms with Gasteiger partial charge in [-0.25, -0.2) is 30.0 Å². The number of hydrogen-bond acceptors (Lipinski definition) is 4. The monoisotopic (exact) mass is 419 g/mol. The Morgan fingerprint density at radius 1 is 0.889 bits per heavy atom. The lowest BCUT2D eigenvalue weighted by atomic mass is 10.2. The Morgan fingerprint density at radius 3 is 2.07 bits per heavy atom.